The van der Waals surface area contributed by atoms with Gasteiger partial charge < -0.3 is 15.0 Å². The van der Waals surface area contributed by atoms with Gasteiger partial charge in [-0.1, -0.05) is 19.9 Å². The molecule has 0 atom stereocenters. The number of aromatic nitrogens is 1. The first-order chi connectivity index (χ1) is 8.65. The highest BCUT2D eigenvalue weighted by Gasteiger charge is 2.08. The third-order valence-corrected chi connectivity index (χ3v) is 2.73. The number of ether oxygens (including phenoxy) is 1. The SMILES string of the molecule is COCCN(C)c1ncccc1CNCC(C)C. The van der Waals surface area contributed by atoms with E-state index < -0.39 is 0 Å². The largest absolute Gasteiger partial charge is 0.383 e. The molecule has 1 heterocycles. The highest BCUT2D eigenvalue weighted by Crippen LogP contribution is 2.15. The molecule has 0 saturated carbocycles. The highest BCUT2D eigenvalue weighted by molar-refractivity contribution is 5.45. The maximum absolute atomic E-state index is 5.10. The molecule has 1 N–H and O–H groups in total. The van der Waals surface area contributed by atoms with Crippen LogP contribution in [0.1, 0.15) is 19.4 Å². The number of pyridine rings is 1. The topological polar surface area (TPSA) is 37.4 Å². The first-order valence-corrected chi connectivity index (χ1v) is 6.49. The Morgan fingerprint density at radius 1 is 1.44 bits per heavy atom. The Hall–Kier alpha value is -1.13. The van der Waals surface area contributed by atoms with Crippen molar-refractivity contribution in [1.82, 2.24) is 10.3 Å². The number of methoxy groups -OCH3 is 1. The van der Waals surface area contributed by atoms with E-state index in [4.69, 9.17) is 4.74 Å². The van der Waals surface area contributed by atoms with E-state index in [-0.39, 0.29) is 0 Å². The first kappa shape index (κ1) is 14.9. The first-order valence-electron chi connectivity index (χ1n) is 6.49. The van der Waals surface area contributed by atoms with Crippen LogP contribution >= 0.6 is 0 Å². The van der Waals surface area contributed by atoms with Gasteiger partial charge in [-0.2, -0.15) is 0 Å². The van der Waals surface area contributed by atoms with Gasteiger partial charge in [0.15, 0.2) is 0 Å². The van der Waals surface area contributed by atoms with Crippen molar-refractivity contribution in [1.29, 1.82) is 0 Å². The summed E-state index contributed by atoms with van der Waals surface area (Å²) < 4.78 is 5.10. The van der Waals surface area contributed by atoms with Gasteiger partial charge in [-0.15, -0.1) is 0 Å². The van der Waals surface area contributed by atoms with E-state index >= 15 is 0 Å². The quantitative estimate of drug-likeness (QED) is 0.766. The molecule has 102 valence electrons. The van der Waals surface area contributed by atoms with Crippen LogP contribution in [0.3, 0.4) is 0 Å². The second-order valence-electron chi connectivity index (χ2n) is 4.93. The molecule has 0 fully saturated rings. The molecule has 1 aromatic rings. The van der Waals surface area contributed by atoms with E-state index in [1.807, 2.05) is 19.3 Å². The Bertz CT molecular complexity index is 342. The van der Waals surface area contributed by atoms with Gasteiger partial charge in [-0.05, 0) is 18.5 Å². The van der Waals surface area contributed by atoms with E-state index in [1.54, 1.807) is 7.11 Å². The van der Waals surface area contributed by atoms with E-state index in [9.17, 15) is 0 Å². The molecule has 0 spiro atoms. The number of nitrogens with zero attached hydrogens (tertiary/aromatic N) is 2. The summed E-state index contributed by atoms with van der Waals surface area (Å²) in [6, 6.07) is 4.11. The molecule has 0 aliphatic heterocycles. The zero-order valence-corrected chi connectivity index (χ0v) is 11.9. The average molecular weight is 251 g/mol. The molecule has 4 heteroatoms. The molecular weight excluding hydrogens is 226 g/mol. The Morgan fingerprint density at radius 3 is 2.89 bits per heavy atom. The fourth-order valence-corrected chi connectivity index (χ4v) is 1.74. The summed E-state index contributed by atoms with van der Waals surface area (Å²) >= 11 is 0. The van der Waals surface area contributed by atoms with Crippen LogP contribution in [0, 0.1) is 5.92 Å². The molecule has 0 saturated heterocycles. The minimum atomic E-state index is 0.663. The van der Waals surface area contributed by atoms with E-state index in [0.717, 1.165) is 25.5 Å². The van der Waals surface area contributed by atoms with Crippen molar-refractivity contribution in [2.45, 2.75) is 20.4 Å². The van der Waals surface area contributed by atoms with Gasteiger partial charge in [-0.3, -0.25) is 0 Å². The van der Waals surface area contributed by atoms with Gasteiger partial charge in [0.1, 0.15) is 5.82 Å². The normalized spacial score (nSPS) is 10.9. The van der Waals surface area contributed by atoms with Crippen LogP contribution in [0.5, 0.6) is 0 Å². The lowest BCUT2D eigenvalue weighted by Crippen LogP contribution is -2.26. The molecule has 0 aliphatic rings. The number of hydrogen-bond donors (Lipinski definition) is 1. The number of likely N-dealkylation sites (N-methyl/N-ethyl adjacent to an activating group) is 1. The van der Waals surface area contributed by atoms with Crippen LogP contribution in [-0.2, 0) is 11.3 Å². The summed E-state index contributed by atoms with van der Waals surface area (Å²) in [7, 11) is 3.77. The van der Waals surface area contributed by atoms with Crippen molar-refractivity contribution in [3.05, 3.63) is 23.9 Å². The Labute approximate surface area is 110 Å². The van der Waals surface area contributed by atoms with Gasteiger partial charge in [0, 0.05) is 39.0 Å². The van der Waals surface area contributed by atoms with Gasteiger partial charge in [-0.25, -0.2) is 4.98 Å². The zero-order chi connectivity index (χ0) is 13.4. The van der Waals surface area contributed by atoms with Crippen molar-refractivity contribution < 1.29 is 4.74 Å². The van der Waals surface area contributed by atoms with Crippen LogP contribution in [0.2, 0.25) is 0 Å². The van der Waals surface area contributed by atoms with Crippen LogP contribution in [0.25, 0.3) is 0 Å². The number of rotatable bonds is 8. The molecule has 0 amide bonds. The molecule has 18 heavy (non-hydrogen) atoms. The van der Waals surface area contributed by atoms with Crippen molar-refractivity contribution in [3.63, 3.8) is 0 Å². The summed E-state index contributed by atoms with van der Waals surface area (Å²) in [4.78, 5) is 6.59. The second kappa shape index (κ2) is 8.06. The molecule has 1 rings (SSSR count). The zero-order valence-electron chi connectivity index (χ0n) is 11.9. The van der Waals surface area contributed by atoms with E-state index in [2.05, 4.69) is 35.1 Å². The molecule has 0 aliphatic carbocycles. The molecule has 0 unspecified atom stereocenters. The van der Waals surface area contributed by atoms with Gasteiger partial charge in [0.25, 0.3) is 0 Å². The lowest BCUT2D eigenvalue weighted by Gasteiger charge is -2.21. The molecule has 1 aromatic heterocycles. The Balaban J connectivity index is 2.60. The standard InChI is InChI=1S/C14H25N3O/c1-12(2)10-15-11-13-6-5-7-16-14(13)17(3)8-9-18-4/h5-7,12,15H,8-11H2,1-4H3. The van der Waals surface area contributed by atoms with Gasteiger partial charge >= 0.3 is 0 Å². The van der Waals surface area contributed by atoms with Crippen LogP contribution in [-0.4, -0.2) is 38.8 Å². The maximum atomic E-state index is 5.10. The minimum Gasteiger partial charge on any atom is -0.383 e. The third kappa shape index (κ3) is 5.02. The summed E-state index contributed by atoms with van der Waals surface area (Å²) in [6.07, 6.45) is 1.84. The molecule has 0 bridgehead atoms. The Morgan fingerprint density at radius 2 is 2.22 bits per heavy atom. The second-order valence-corrected chi connectivity index (χ2v) is 4.93. The van der Waals surface area contributed by atoms with E-state index in [0.29, 0.717) is 12.5 Å². The minimum absolute atomic E-state index is 0.663. The summed E-state index contributed by atoms with van der Waals surface area (Å²) in [5.41, 5.74) is 1.23. The monoisotopic (exact) mass is 251 g/mol. The predicted molar refractivity (Wildman–Crippen MR) is 75.9 cm³/mol. The van der Waals surface area contributed by atoms with Crippen molar-refractivity contribution in [3.8, 4) is 0 Å². The molecular formula is C14H25N3O. The summed E-state index contributed by atoms with van der Waals surface area (Å²) in [5, 5.41) is 3.45. The van der Waals surface area contributed by atoms with Crippen molar-refractivity contribution in [2.75, 3.05) is 38.8 Å². The van der Waals surface area contributed by atoms with Gasteiger partial charge in [0.2, 0.25) is 0 Å². The molecule has 0 radical (unpaired) electrons. The summed E-state index contributed by atoms with van der Waals surface area (Å²) in [6.45, 7) is 7.87. The van der Waals surface area contributed by atoms with Crippen LogP contribution < -0.4 is 10.2 Å². The number of anilines is 1. The van der Waals surface area contributed by atoms with Crippen LogP contribution in [0.15, 0.2) is 18.3 Å². The third-order valence-electron chi connectivity index (χ3n) is 2.73. The maximum Gasteiger partial charge on any atom is 0.132 e. The van der Waals surface area contributed by atoms with Crippen molar-refractivity contribution >= 4 is 5.82 Å². The van der Waals surface area contributed by atoms with E-state index in [1.165, 1.54) is 5.56 Å². The number of nitrogens with one attached hydrogen (secondary N) is 1. The average Bonchev–Trinajstić information content (AvgIpc) is 2.36. The Kier molecular flexibility index (Phi) is 6.68. The lowest BCUT2D eigenvalue weighted by molar-refractivity contribution is 0.206. The summed E-state index contributed by atoms with van der Waals surface area (Å²) in [5.74, 6) is 1.70. The fourth-order valence-electron chi connectivity index (χ4n) is 1.74. The van der Waals surface area contributed by atoms with Gasteiger partial charge in [0.05, 0.1) is 6.61 Å². The molecule has 0 aromatic carbocycles. The van der Waals surface area contributed by atoms with Crippen LogP contribution in [0.4, 0.5) is 5.82 Å². The van der Waals surface area contributed by atoms with Crippen molar-refractivity contribution in [2.24, 2.45) is 5.92 Å². The fraction of sp³-hybridized carbons (Fsp3) is 0.643. The highest BCUT2D eigenvalue weighted by atomic mass is 16.5. The number of hydrogen-bond acceptors (Lipinski definition) is 4. The molecule has 4 nitrogen and oxygen atoms in total. The predicted octanol–water partition coefficient (Wildman–Crippen LogP) is 1.91. The smallest absolute Gasteiger partial charge is 0.132 e. The lowest BCUT2D eigenvalue weighted by atomic mass is 10.2.